The van der Waals surface area contributed by atoms with Crippen LogP contribution < -0.4 is 20.1 Å². The fourth-order valence-corrected chi connectivity index (χ4v) is 6.40. The highest BCUT2D eigenvalue weighted by molar-refractivity contribution is 5.81. The molecule has 7 nitrogen and oxygen atoms in total. The molecule has 2 aliphatic carbocycles. The van der Waals surface area contributed by atoms with Crippen LogP contribution in [-0.2, 0) is 11.3 Å². The molecule has 176 valence electrons. The van der Waals surface area contributed by atoms with Gasteiger partial charge in [-0.1, -0.05) is 6.42 Å². The maximum Gasteiger partial charge on any atom is 0.191 e. The monoisotopic (exact) mass is 442 g/mol. The zero-order chi connectivity index (χ0) is 22.1. The lowest BCUT2D eigenvalue weighted by molar-refractivity contribution is -0.171. The molecule has 4 fully saturated rings. The second-order valence-electron chi connectivity index (χ2n) is 9.86. The summed E-state index contributed by atoms with van der Waals surface area (Å²) in [5.41, 5.74) is 1.58. The van der Waals surface area contributed by atoms with Crippen LogP contribution in [0.5, 0.6) is 11.5 Å². The number of nitrogens with one attached hydrogen (secondary N) is 2. The number of benzene rings is 1. The number of rotatable bonds is 7. The van der Waals surface area contributed by atoms with E-state index in [1.165, 1.54) is 31.2 Å². The minimum absolute atomic E-state index is 0.366. The molecule has 5 rings (SSSR count). The molecule has 4 unspecified atom stereocenters. The number of ether oxygens (including phenoxy) is 3. The summed E-state index contributed by atoms with van der Waals surface area (Å²) in [4.78, 5) is 7.30. The molecule has 2 N–H and O–H groups in total. The SMILES string of the molecule is CCN=C(NC1CCN(Cc2cc(OC)cc(OC)c2)C1)NC1C2CCOC2C12CCC2. The second-order valence-corrected chi connectivity index (χ2v) is 9.86. The topological polar surface area (TPSA) is 67.4 Å². The van der Waals surface area contributed by atoms with E-state index < -0.39 is 0 Å². The molecular formula is C25H38N4O3. The number of nitrogens with zero attached hydrogens (tertiary/aromatic N) is 2. The Balaban J connectivity index is 1.18. The third kappa shape index (κ3) is 3.94. The predicted octanol–water partition coefficient (Wildman–Crippen LogP) is 2.79. The summed E-state index contributed by atoms with van der Waals surface area (Å²) in [5, 5.41) is 7.60. The van der Waals surface area contributed by atoms with Crippen LogP contribution >= 0.6 is 0 Å². The van der Waals surface area contributed by atoms with Gasteiger partial charge in [0, 0.05) is 62.3 Å². The van der Waals surface area contributed by atoms with E-state index in [1.54, 1.807) is 14.2 Å². The Bertz CT molecular complexity index is 818. The van der Waals surface area contributed by atoms with Gasteiger partial charge < -0.3 is 24.8 Å². The Morgan fingerprint density at radius 1 is 1.16 bits per heavy atom. The lowest BCUT2D eigenvalue weighted by atomic mass is 9.46. The largest absolute Gasteiger partial charge is 0.497 e. The van der Waals surface area contributed by atoms with Crippen molar-refractivity contribution in [2.24, 2.45) is 16.3 Å². The van der Waals surface area contributed by atoms with Crippen LogP contribution in [0, 0.1) is 11.3 Å². The molecule has 2 saturated heterocycles. The van der Waals surface area contributed by atoms with E-state index in [0.29, 0.717) is 29.5 Å². The number of fused-ring (bicyclic) bond motifs is 2. The molecule has 0 amide bonds. The van der Waals surface area contributed by atoms with Gasteiger partial charge >= 0.3 is 0 Å². The van der Waals surface area contributed by atoms with Gasteiger partial charge in [-0.05, 0) is 50.3 Å². The van der Waals surface area contributed by atoms with Crippen LogP contribution in [-0.4, -0.2) is 69.5 Å². The molecule has 1 spiro atoms. The first-order valence-electron chi connectivity index (χ1n) is 12.3. The molecule has 0 bridgehead atoms. The van der Waals surface area contributed by atoms with Crippen molar-refractivity contribution >= 4 is 5.96 Å². The molecule has 0 aromatic heterocycles. The summed E-state index contributed by atoms with van der Waals surface area (Å²) in [5.74, 6) is 3.33. The minimum atomic E-state index is 0.366. The predicted molar refractivity (Wildman–Crippen MR) is 125 cm³/mol. The smallest absolute Gasteiger partial charge is 0.191 e. The van der Waals surface area contributed by atoms with Gasteiger partial charge in [0.25, 0.3) is 0 Å². The summed E-state index contributed by atoms with van der Waals surface area (Å²) in [6.45, 7) is 6.81. The van der Waals surface area contributed by atoms with Gasteiger partial charge in [-0.25, -0.2) is 0 Å². The molecule has 4 atom stereocenters. The average Bonchev–Trinajstić information content (AvgIpc) is 3.38. The summed E-state index contributed by atoms with van der Waals surface area (Å²) in [6.07, 6.45) is 6.73. The highest BCUT2D eigenvalue weighted by atomic mass is 16.5. The summed E-state index contributed by atoms with van der Waals surface area (Å²) in [6, 6.07) is 7.05. The second kappa shape index (κ2) is 9.10. The first-order chi connectivity index (χ1) is 15.6. The van der Waals surface area contributed by atoms with E-state index in [0.717, 1.165) is 56.7 Å². The number of hydrogen-bond donors (Lipinski definition) is 2. The molecular weight excluding hydrogens is 404 g/mol. The normalized spacial score (nSPS) is 31.0. The Morgan fingerprint density at radius 3 is 2.59 bits per heavy atom. The van der Waals surface area contributed by atoms with Crippen molar-refractivity contribution in [3.63, 3.8) is 0 Å². The fourth-order valence-electron chi connectivity index (χ4n) is 6.40. The standard InChI is InChI=1S/C25H38N4O3/c1-4-26-24(28-22-21-7-11-32-23(21)25(22)8-5-9-25)27-18-6-10-29(16-18)15-17-12-19(30-2)14-20(13-17)31-3/h12-14,18,21-23H,4-11,15-16H2,1-3H3,(H2,26,27,28). The van der Waals surface area contributed by atoms with Gasteiger partial charge in [0.2, 0.25) is 0 Å². The highest BCUT2D eigenvalue weighted by Gasteiger charge is 2.66. The number of aliphatic imine (C=N–C) groups is 1. The molecule has 1 aromatic rings. The van der Waals surface area contributed by atoms with E-state index in [2.05, 4.69) is 34.6 Å². The average molecular weight is 443 g/mol. The van der Waals surface area contributed by atoms with Gasteiger partial charge in [-0.2, -0.15) is 0 Å². The summed E-state index contributed by atoms with van der Waals surface area (Å²) >= 11 is 0. The van der Waals surface area contributed by atoms with Crippen molar-refractivity contribution in [3.05, 3.63) is 23.8 Å². The number of likely N-dealkylation sites (tertiary alicyclic amines) is 1. The zero-order valence-electron chi connectivity index (χ0n) is 19.7. The van der Waals surface area contributed by atoms with E-state index in [9.17, 15) is 0 Å². The lowest BCUT2D eigenvalue weighted by Gasteiger charge is -2.63. The molecule has 2 saturated carbocycles. The van der Waals surface area contributed by atoms with Crippen molar-refractivity contribution in [2.45, 2.75) is 63.8 Å². The van der Waals surface area contributed by atoms with Gasteiger partial charge in [0.15, 0.2) is 5.96 Å². The summed E-state index contributed by atoms with van der Waals surface area (Å²) < 4.78 is 17.0. The molecule has 4 aliphatic rings. The minimum Gasteiger partial charge on any atom is -0.497 e. The Hall–Kier alpha value is -1.99. The van der Waals surface area contributed by atoms with Gasteiger partial charge in [0.1, 0.15) is 11.5 Å². The quantitative estimate of drug-likeness (QED) is 0.500. The molecule has 7 heteroatoms. The van der Waals surface area contributed by atoms with Crippen LogP contribution in [0.2, 0.25) is 0 Å². The van der Waals surface area contributed by atoms with E-state index in [1.807, 2.05) is 6.07 Å². The third-order valence-corrected chi connectivity index (χ3v) is 8.08. The van der Waals surface area contributed by atoms with Crippen molar-refractivity contribution in [1.29, 1.82) is 0 Å². The maximum atomic E-state index is 6.09. The van der Waals surface area contributed by atoms with E-state index >= 15 is 0 Å². The van der Waals surface area contributed by atoms with Gasteiger partial charge in [0.05, 0.1) is 20.3 Å². The van der Waals surface area contributed by atoms with Crippen LogP contribution in [0.4, 0.5) is 0 Å². The summed E-state index contributed by atoms with van der Waals surface area (Å²) in [7, 11) is 3.40. The van der Waals surface area contributed by atoms with Gasteiger partial charge in [-0.15, -0.1) is 0 Å². The maximum absolute atomic E-state index is 6.09. The Labute approximate surface area is 191 Å². The van der Waals surface area contributed by atoms with Gasteiger partial charge in [-0.3, -0.25) is 9.89 Å². The first-order valence-corrected chi connectivity index (χ1v) is 12.3. The molecule has 2 heterocycles. The molecule has 1 aromatic carbocycles. The van der Waals surface area contributed by atoms with Crippen LogP contribution in [0.3, 0.4) is 0 Å². The fraction of sp³-hybridized carbons (Fsp3) is 0.720. The number of hydrogen-bond acceptors (Lipinski definition) is 5. The number of guanidine groups is 1. The van der Waals surface area contributed by atoms with Crippen LogP contribution in [0.25, 0.3) is 0 Å². The van der Waals surface area contributed by atoms with Crippen molar-refractivity contribution in [1.82, 2.24) is 15.5 Å². The lowest BCUT2D eigenvalue weighted by Crippen LogP contribution is -2.72. The molecule has 0 radical (unpaired) electrons. The van der Waals surface area contributed by atoms with E-state index in [-0.39, 0.29) is 0 Å². The van der Waals surface area contributed by atoms with E-state index in [4.69, 9.17) is 19.2 Å². The Kier molecular flexibility index (Phi) is 6.21. The van der Waals surface area contributed by atoms with Crippen LogP contribution in [0.1, 0.15) is 44.6 Å². The first kappa shape index (κ1) is 21.8. The van der Waals surface area contributed by atoms with Crippen molar-refractivity contribution in [3.8, 4) is 11.5 Å². The van der Waals surface area contributed by atoms with Crippen molar-refractivity contribution in [2.75, 3.05) is 40.5 Å². The Morgan fingerprint density at radius 2 is 1.94 bits per heavy atom. The molecule has 32 heavy (non-hydrogen) atoms. The third-order valence-electron chi connectivity index (χ3n) is 8.08. The molecule has 2 aliphatic heterocycles. The van der Waals surface area contributed by atoms with Crippen LogP contribution in [0.15, 0.2) is 23.2 Å². The zero-order valence-corrected chi connectivity index (χ0v) is 19.7. The number of methoxy groups -OCH3 is 2. The van der Waals surface area contributed by atoms with Crippen molar-refractivity contribution < 1.29 is 14.2 Å². The highest BCUT2D eigenvalue weighted by Crippen LogP contribution is 2.62.